The van der Waals surface area contributed by atoms with Crippen LogP contribution in [0.5, 0.6) is 0 Å². The highest BCUT2D eigenvalue weighted by Gasteiger charge is 2.42. The minimum absolute atomic E-state index is 0.0697. The van der Waals surface area contributed by atoms with Gasteiger partial charge in [-0.1, -0.05) is 43.3 Å². The maximum Gasteiger partial charge on any atom is 0.412 e. The summed E-state index contributed by atoms with van der Waals surface area (Å²) in [4.78, 5) is 12.6. The van der Waals surface area contributed by atoms with Gasteiger partial charge in [0.15, 0.2) is 0 Å². The highest BCUT2D eigenvalue weighted by molar-refractivity contribution is 7.93. The Balaban J connectivity index is 1.60. The van der Waals surface area contributed by atoms with E-state index in [2.05, 4.69) is 10.0 Å². The molecule has 1 aromatic rings. The third kappa shape index (κ3) is 6.04. The number of hydrogen-bond donors (Lipinski definition) is 3. The lowest BCUT2D eigenvalue weighted by Crippen LogP contribution is -2.52. The predicted octanol–water partition coefficient (Wildman–Crippen LogP) is 3.87. The van der Waals surface area contributed by atoms with E-state index in [1.165, 1.54) is 6.92 Å². The van der Waals surface area contributed by atoms with E-state index in [0.29, 0.717) is 0 Å². The lowest BCUT2D eigenvalue weighted by Gasteiger charge is -2.36. The minimum Gasteiger partial charge on any atom is -0.380 e. The fourth-order valence-corrected chi connectivity index (χ4v) is 5.96. The van der Waals surface area contributed by atoms with Gasteiger partial charge in [-0.25, -0.2) is 13.1 Å². The van der Waals surface area contributed by atoms with Gasteiger partial charge in [0.1, 0.15) is 5.60 Å². The van der Waals surface area contributed by atoms with Gasteiger partial charge in [-0.15, -0.1) is 0 Å². The molecule has 1 fully saturated rings. The van der Waals surface area contributed by atoms with E-state index in [9.17, 15) is 31.5 Å². The van der Waals surface area contributed by atoms with Gasteiger partial charge in [0.25, 0.3) is 5.91 Å². The van der Waals surface area contributed by atoms with Crippen molar-refractivity contribution in [2.45, 2.75) is 69.8 Å². The molecule has 0 saturated heterocycles. The molecule has 1 amide bonds. The molecule has 6 nitrogen and oxygen atoms in total. The van der Waals surface area contributed by atoms with Crippen LogP contribution in [0.3, 0.4) is 0 Å². The van der Waals surface area contributed by atoms with Crippen LogP contribution in [0.25, 0.3) is 0 Å². The van der Waals surface area contributed by atoms with E-state index in [1.54, 1.807) is 0 Å². The van der Waals surface area contributed by atoms with Crippen molar-refractivity contribution in [3.8, 4) is 0 Å². The molecule has 0 radical (unpaired) electrons. The van der Waals surface area contributed by atoms with Crippen LogP contribution in [0, 0.1) is 5.92 Å². The molecular formula is C23H29F3N2O4S. The van der Waals surface area contributed by atoms with E-state index < -0.39 is 51.7 Å². The van der Waals surface area contributed by atoms with Crippen LogP contribution in [0.4, 0.5) is 13.2 Å². The third-order valence-electron chi connectivity index (χ3n) is 6.34. The number of nitrogens with one attached hydrogen (secondary N) is 2. The number of hydrogen-bond acceptors (Lipinski definition) is 4. The average molecular weight is 487 g/mol. The summed E-state index contributed by atoms with van der Waals surface area (Å²) in [6, 6.07) is 8.49. The summed E-state index contributed by atoms with van der Waals surface area (Å²) in [7, 11) is -4.00. The number of allylic oxidation sites excluding steroid dienone is 4. The minimum atomic E-state index is -4.49. The number of amides is 1. The Kier molecular flexibility index (Phi) is 7.40. The van der Waals surface area contributed by atoms with Gasteiger partial charge in [-0.05, 0) is 56.6 Å². The molecule has 10 heteroatoms. The summed E-state index contributed by atoms with van der Waals surface area (Å²) in [5.41, 5.74) is -1.46. The first-order chi connectivity index (χ1) is 15.3. The predicted molar refractivity (Wildman–Crippen MR) is 118 cm³/mol. The Hall–Kier alpha value is -2.17. The van der Waals surface area contributed by atoms with Crippen LogP contribution < -0.4 is 10.0 Å². The summed E-state index contributed by atoms with van der Waals surface area (Å²) in [5, 5.41) is 13.6. The molecule has 0 spiro atoms. The van der Waals surface area contributed by atoms with Crippen LogP contribution in [-0.4, -0.2) is 37.3 Å². The van der Waals surface area contributed by atoms with Crippen molar-refractivity contribution in [1.82, 2.24) is 10.0 Å². The molecule has 2 atom stereocenters. The van der Waals surface area contributed by atoms with Crippen molar-refractivity contribution in [3.63, 3.8) is 0 Å². The van der Waals surface area contributed by atoms with Crippen molar-refractivity contribution in [2.75, 3.05) is 0 Å². The van der Waals surface area contributed by atoms with Crippen molar-refractivity contribution in [2.24, 2.45) is 5.92 Å². The Bertz CT molecular complexity index is 1030. The molecule has 2 aliphatic rings. The van der Waals surface area contributed by atoms with E-state index in [4.69, 9.17) is 0 Å². The van der Waals surface area contributed by atoms with Crippen LogP contribution in [0.1, 0.15) is 57.6 Å². The van der Waals surface area contributed by atoms with Crippen LogP contribution in [0.15, 0.2) is 53.0 Å². The number of rotatable bonds is 6. The van der Waals surface area contributed by atoms with E-state index in [1.807, 2.05) is 37.3 Å². The Labute approximate surface area is 192 Å². The molecule has 3 N–H and O–H groups in total. The molecule has 0 aromatic heterocycles. The molecule has 33 heavy (non-hydrogen) atoms. The molecule has 0 aliphatic heterocycles. The first-order valence-corrected chi connectivity index (χ1v) is 12.4. The van der Waals surface area contributed by atoms with Gasteiger partial charge in [-0.3, -0.25) is 4.79 Å². The highest BCUT2D eigenvalue weighted by Crippen LogP contribution is 2.37. The topological polar surface area (TPSA) is 95.5 Å². The largest absolute Gasteiger partial charge is 0.412 e. The summed E-state index contributed by atoms with van der Waals surface area (Å²) >= 11 is 0. The van der Waals surface area contributed by atoms with Gasteiger partial charge >= 0.3 is 6.18 Å². The lowest BCUT2D eigenvalue weighted by atomic mass is 9.81. The molecule has 2 aliphatic carbocycles. The first kappa shape index (κ1) is 25.5. The molecule has 1 saturated carbocycles. The quantitative estimate of drug-likeness (QED) is 0.569. The Morgan fingerprint density at radius 1 is 1.15 bits per heavy atom. The van der Waals surface area contributed by atoms with Crippen molar-refractivity contribution in [1.29, 1.82) is 0 Å². The van der Waals surface area contributed by atoms with Gasteiger partial charge in [0.2, 0.25) is 10.0 Å². The Morgan fingerprint density at radius 2 is 1.76 bits per heavy atom. The highest BCUT2D eigenvalue weighted by atomic mass is 32.2. The molecule has 1 aromatic carbocycles. The number of aliphatic hydroxyl groups is 1. The number of benzene rings is 1. The van der Waals surface area contributed by atoms with Crippen molar-refractivity contribution >= 4 is 15.9 Å². The fourth-order valence-electron chi connectivity index (χ4n) is 4.29. The first-order valence-electron chi connectivity index (χ1n) is 10.9. The third-order valence-corrected chi connectivity index (χ3v) is 8.14. The second-order valence-corrected chi connectivity index (χ2v) is 10.6. The Morgan fingerprint density at radius 3 is 2.30 bits per heavy atom. The zero-order chi connectivity index (χ0) is 24.4. The number of halogens is 3. The van der Waals surface area contributed by atoms with Crippen molar-refractivity contribution in [3.05, 3.63) is 58.5 Å². The van der Waals surface area contributed by atoms with E-state index in [-0.39, 0.29) is 36.6 Å². The summed E-state index contributed by atoms with van der Waals surface area (Å²) in [6.07, 6.45) is -2.47. The second-order valence-electron chi connectivity index (χ2n) is 8.90. The van der Waals surface area contributed by atoms with E-state index in [0.717, 1.165) is 17.7 Å². The van der Waals surface area contributed by atoms with Crippen LogP contribution in [0.2, 0.25) is 0 Å². The van der Waals surface area contributed by atoms with Crippen LogP contribution >= 0.6 is 0 Å². The maximum atomic E-state index is 12.9. The summed E-state index contributed by atoms with van der Waals surface area (Å²) < 4.78 is 66.8. The zero-order valence-electron chi connectivity index (χ0n) is 18.5. The van der Waals surface area contributed by atoms with Gasteiger partial charge in [-0.2, -0.15) is 13.2 Å². The molecular weight excluding hydrogens is 457 g/mol. The SMILES string of the molecule is CC1CC(C(F)(F)F)=CC=C1S(=O)(=O)NC1CCC(O)(C(=O)NC(C)c2ccccc2)CC1. The van der Waals surface area contributed by atoms with Gasteiger partial charge in [0, 0.05) is 11.6 Å². The van der Waals surface area contributed by atoms with Gasteiger partial charge < -0.3 is 10.4 Å². The molecule has 0 bridgehead atoms. The lowest BCUT2D eigenvalue weighted by molar-refractivity contribution is -0.144. The van der Waals surface area contributed by atoms with E-state index >= 15 is 0 Å². The molecule has 2 unspecified atom stereocenters. The number of carbonyl (C=O) groups is 1. The maximum absolute atomic E-state index is 12.9. The zero-order valence-corrected chi connectivity index (χ0v) is 19.3. The second kappa shape index (κ2) is 9.60. The normalized spacial score (nSPS) is 27.3. The molecule has 182 valence electrons. The monoisotopic (exact) mass is 486 g/mol. The summed E-state index contributed by atoms with van der Waals surface area (Å²) in [6.45, 7) is 3.26. The molecule has 3 rings (SSSR count). The van der Waals surface area contributed by atoms with Crippen molar-refractivity contribution < 1.29 is 31.5 Å². The van der Waals surface area contributed by atoms with Gasteiger partial charge in [0.05, 0.1) is 10.9 Å². The smallest absolute Gasteiger partial charge is 0.380 e. The number of carbonyl (C=O) groups excluding carboxylic acids is 1. The average Bonchev–Trinajstić information content (AvgIpc) is 2.75. The standard InChI is InChI=1S/C23H29F3N2O4S/c1-15-14-18(23(24,25)26)8-9-20(15)33(31,32)28-19-10-12-22(30,13-11-19)21(29)27-16(2)17-6-4-3-5-7-17/h3-9,15-16,19,28,30H,10-14H2,1-2H3,(H,27,29). The summed E-state index contributed by atoms with van der Waals surface area (Å²) in [5.74, 6) is -1.32. The van der Waals surface area contributed by atoms with Crippen LogP contribution in [-0.2, 0) is 14.8 Å². The fraction of sp³-hybridized carbons (Fsp3) is 0.522. The number of alkyl halides is 3. The number of sulfonamides is 1. The molecule has 0 heterocycles.